The largest absolute Gasteiger partial charge is 0.497 e. The number of nitrogens with one attached hydrogen (secondary N) is 2. The van der Waals surface area contributed by atoms with E-state index in [1.54, 1.807) is 19.1 Å². The highest BCUT2D eigenvalue weighted by atomic mass is 16.5. The third-order valence-electron chi connectivity index (χ3n) is 5.47. The van der Waals surface area contributed by atoms with Crippen LogP contribution >= 0.6 is 0 Å². The van der Waals surface area contributed by atoms with Gasteiger partial charge >= 0.3 is 5.69 Å². The highest BCUT2D eigenvalue weighted by molar-refractivity contribution is 5.82. The molecule has 0 bridgehead atoms. The first-order valence-electron chi connectivity index (χ1n) is 11.2. The first-order valence-corrected chi connectivity index (χ1v) is 11.2. The number of methoxy groups -OCH3 is 2. The molecule has 3 aromatic rings. The van der Waals surface area contributed by atoms with E-state index in [9.17, 15) is 14.4 Å². The summed E-state index contributed by atoms with van der Waals surface area (Å²) in [5.74, 6) is 0.436. The Hall–Kier alpha value is -4.05. The minimum absolute atomic E-state index is 0.00275. The summed E-state index contributed by atoms with van der Waals surface area (Å²) in [6, 6.07) is 16.6. The lowest BCUT2D eigenvalue weighted by Gasteiger charge is -2.25. The second kappa shape index (κ2) is 12.4. The Labute approximate surface area is 203 Å². The van der Waals surface area contributed by atoms with Crippen molar-refractivity contribution >= 4 is 17.4 Å². The SMILES string of the molecule is COCCCN(CC(=O)NCc1ccc(OC)cc1)c1c(N)n(Cc2ccccc2)c(=O)[nH]c1=O. The number of aromatic amines is 1. The number of carbonyl (C=O) groups excluding carboxylic acids is 1. The Bertz CT molecular complexity index is 1220. The average molecular weight is 482 g/mol. The van der Waals surface area contributed by atoms with Crippen LogP contribution in [-0.2, 0) is 22.6 Å². The fourth-order valence-corrected chi connectivity index (χ4v) is 3.65. The van der Waals surface area contributed by atoms with Gasteiger partial charge in [0.1, 0.15) is 17.3 Å². The molecule has 0 spiro atoms. The zero-order chi connectivity index (χ0) is 25.2. The topological polar surface area (TPSA) is 132 Å². The second-order valence-corrected chi connectivity index (χ2v) is 7.96. The number of anilines is 2. The van der Waals surface area contributed by atoms with Crippen molar-refractivity contribution in [2.45, 2.75) is 19.5 Å². The van der Waals surface area contributed by atoms with E-state index < -0.39 is 11.2 Å². The number of nitrogens with zero attached hydrogens (tertiary/aromatic N) is 2. The fourth-order valence-electron chi connectivity index (χ4n) is 3.65. The average Bonchev–Trinajstić information content (AvgIpc) is 2.86. The lowest BCUT2D eigenvalue weighted by atomic mass is 10.2. The summed E-state index contributed by atoms with van der Waals surface area (Å²) in [5, 5.41) is 2.86. The van der Waals surface area contributed by atoms with Crippen LogP contribution < -0.4 is 31.9 Å². The molecule has 0 radical (unpaired) electrons. The molecule has 10 nitrogen and oxygen atoms in total. The van der Waals surface area contributed by atoms with Gasteiger partial charge in [-0.1, -0.05) is 42.5 Å². The Balaban J connectivity index is 1.82. The maximum absolute atomic E-state index is 12.8. The van der Waals surface area contributed by atoms with Crippen molar-refractivity contribution in [3.63, 3.8) is 0 Å². The zero-order valence-electron chi connectivity index (χ0n) is 20.0. The molecule has 0 aliphatic carbocycles. The summed E-state index contributed by atoms with van der Waals surface area (Å²) in [6.07, 6.45) is 0.555. The van der Waals surface area contributed by atoms with Crippen molar-refractivity contribution in [1.29, 1.82) is 0 Å². The van der Waals surface area contributed by atoms with E-state index in [1.807, 2.05) is 54.6 Å². The number of nitrogens with two attached hydrogens (primary N) is 1. The van der Waals surface area contributed by atoms with Crippen LogP contribution in [0.25, 0.3) is 0 Å². The molecule has 2 aromatic carbocycles. The standard InChI is InChI=1S/C25H31N5O5/c1-34-14-6-13-29(17-21(31)27-15-18-9-11-20(35-2)12-10-18)22-23(26)30(25(33)28-24(22)32)16-19-7-4-3-5-8-19/h3-5,7-12H,6,13-17,26H2,1-2H3,(H,27,31)(H,28,32,33). The van der Waals surface area contributed by atoms with Gasteiger partial charge in [-0.3, -0.25) is 19.1 Å². The highest BCUT2D eigenvalue weighted by Gasteiger charge is 2.21. The van der Waals surface area contributed by atoms with Gasteiger partial charge in [-0.15, -0.1) is 0 Å². The maximum atomic E-state index is 12.8. The predicted octanol–water partition coefficient (Wildman–Crippen LogP) is 1.34. The predicted molar refractivity (Wildman–Crippen MR) is 135 cm³/mol. The van der Waals surface area contributed by atoms with E-state index in [-0.39, 0.29) is 30.5 Å². The van der Waals surface area contributed by atoms with Crippen molar-refractivity contribution in [3.05, 3.63) is 86.6 Å². The molecule has 0 atom stereocenters. The second-order valence-electron chi connectivity index (χ2n) is 7.96. The molecular formula is C25H31N5O5. The number of carbonyl (C=O) groups is 1. The first-order chi connectivity index (χ1) is 16.9. The Morgan fingerprint density at radius 3 is 2.43 bits per heavy atom. The number of nitrogen functional groups attached to an aromatic ring is 1. The third kappa shape index (κ3) is 6.97. The van der Waals surface area contributed by atoms with Crippen molar-refractivity contribution in [1.82, 2.24) is 14.9 Å². The Kier molecular flexibility index (Phi) is 9.08. The summed E-state index contributed by atoms with van der Waals surface area (Å²) in [7, 11) is 3.17. The summed E-state index contributed by atoms with van der Waals surface area (Å²) in [4.78, 5) is 42.0. The summed E-state index contributed by atoms with van der Waals surface area (Å²) >= 11 is 0. The summed E-state index contributed by atoms with van der Waals surface area (Å²) < 4.78 is 11.6. The molecule has 4 N–H and O–H groups in total. The van der Waals surface area contributed by atoms with Gasteiger partial charge in [-0.25, -0.2) is 4.79 Å². The molecule has 0 fully saturated rings. The quantitative estimate of drug-likeness (QED) is 0.333. The van der Waals surface area contributed by atoms with Crippen LogP contribution in [0.1, 0.15) is 17.5 Å². The van der Waals surface area contributed by atoms with Crippen LogP contribution in [0.4, 0.5) is 11.5 Å². The van der Waals surface area contributed by atoms with E-state index in [4.69, 9.17) is 15.2 Å². The van der Waals surface area contributed by atoms with E-state index in [1.165, 1.54) is 4.57 Å². The van der Waals surface area contributed by atoms with Crippen molar-refractivity contribution in [2.24, 2.45) is 0 Å². The molecule has 1 amide bonds. The smallest absolute Gasteiger partial charge is 0.330 e. The molecule has 0 aliphatic heterocycles. The van der Waals surface area contributed by atoms with Gasteiger partial charge in [0.05, 0.1) is 20.2 Å². The number of rotatable bonds is 12. The molecule has 10 heteroatoms. The van der Waals surface area contributed by atoms with Crippen molar-refractivity contribution in [3.8, 4) is 5.75 Å². The van der Waals surface area contributed by atoms with Crippen LogP contribution in [0.2, 0.25) is 0 Å². The minimum Gasteiger partial charge on any atom is -0.497 e. The van der Waals surface area contributed by atoms with Gasteiger partial charge in [0.25, 0.3) is 5.56 Å². The summed E-state index contributed by atoms with van der Waals surface area (Å²) in [6.45, 7) is 1.15. The van der Waals surface area contributed by atoms with E-state index in [0.29, 0.717) is 26.1 Å². The van der Waals surface area contributed by atoms with E-state index in [0.717, 1.165) is 16.9 Å². The highest BCUT2D eigenvalue weighted by Crippen LogP contribution is 2.18. The molecule has 0 saturated carbocycles. The van der Waals surface area contributed by atoms with Crippen LogP contribution in [0.3, 0.4) is 0 Å². The molecule has 0 unspecified atom stereocenters. The van der Waals surface area contributed by atoms with E-state index >= 15 is 0 Å². The fraction of sp³-hybridized carbons (Fsp3) is 0.320. The molecule has 1 aromatic heterocycles. The van der Waals surface area contributed by atoms with Crippen molar-refractivity contribution < 1.29 is 14.3 Å². The minimum atomic E-state index is -0.641. The van der Waals surface area contributed by atoms with Crippen LogP contribution in [-0.4, -0.2) is 49.4 Å². The maximum Gasteiger partial charge on any atom is 0.330 e. The van der Waals surface area contributed by atoms with Gasteiger partial charge in [0.15, 0.2) is 0 Å². The first kappa shape index (κ1) is 25.6. The molecule has 35 heavy (non-hydrogen) atoms. The molecule has 186 valence electrons. The molecule has 0 saturated heterocycles. The van der Waals surface area contributed by atoms with Gasteiger partial charge in [0, 0.05) is 26.8 Å². The molecule has 1 heterocycles. The number of ether oxygens (including phenoxy) is 2. The monoisotopic (exact) mass is 481 g/mol. The number of hydrogen-bond donors (Lipinski definition) is 3. The van der Waals surface area contributed by atoms with Gasteiger partial charge < -0.3 is 25.4 Å². The van der Waals surface area contributed by atoms with Crippen LogP contribution in [0.15, 0.2) is 64.2 Å². The van der Waals surface area contributed by atoms with Gasteiger partial charge in [0.2, 0.25) is 5.91 Å². The number of benzene rings is 2. The van der Waals surface area contributed by atoms with Gasteiger partial charge in [-0.2, -0.15) is 0 Å². The van der Waals surface area contributed by atoms with Crippen molar-refractivity contribution in [2.75, 3.05) is 44.5 Å². The lowest BCUT2D eigenvalue weighted by Crippen LogP contribution is -2.43. The molecular weight excluding hydrogens is 450 g/mol. The normalized spacial score (nSPS) is 10.7. The molecule has 0 aliphatic rings. The summed E-state index contributed by atoms with van der Waals surface area (Å²) in [5.41, 5.74) is 6.91. The third-order valence-corrected chi connectivity index (χ3v) is 5.47. The van der Waals surface area contributed by atoms with Crippen LogP contribution in [0, 0.1) is 0 Å². The molecule has 3 rings (SSSR count). The van der Waals surface area contributed by atoms with Gasteiger partial charge in [-0.05, 0) is 29.7 Å². The van der Waals surface area contributed by atoms with Crippen LogP contribution in [0.5, 0.6) is 5.75 Å². The zero-order valence-corrected chi connectivity index (χ0v) is 20.0. The number of hydrogen-bond acceptors (Lipinski definition) is 7. The number of H-pyrrole nitrogens is 1. The Morgan fingerprint density at radius 2 is 1.77 bits per heavy atom. The van der Waals surface area contributed by atoms with E-state index in [2.05, 4.69) is 10.3 Å². The Morgan fingerprint density at radius 1 is 1.06 bits per heavy atom. The number of amides is 1. The number of aromatic nitrogens is 2. The lowest BCUT2D eigenvalue weighted by molar-refractivity contribution is -0.119.